The number of amides is 2. The molecule has 176 valence electrons. The van der Waals surface area contributed by atoms with Crippen LogP contribution in [0.15, 0.2) is 66.1 Å². The number of rotatable bonds is 7. The molecule has 0 bridgehead atoms. The zero-order chi connectivity index (χ0) is 24.5. The van der Waals surface area contributed by atoms with Crippen molar-refractivity contribution in [2.24, 2.45) is 0 Å². The van der Waals surface area contributed by atoms with Crippen LogP contribution in [0, 0.1) is 10.1 Å². The Morgan fingerprint density at radius 1 is 1.24 bits per heavy atom. The lowest BCUT2D eigenvalue weighted by molar-refractivity contribution is -0.384. The predicted molar refractivity (Wildman–Crippen MR) is 119 cm³/mol. The molecule has 0 aliphatic carbocycles. The maximum atomic E-state index is 13.1. The number of non-ortho nitro benzene ring substituents is 1. The van der Waals surface area contributed by atoms with Gasteiger partial charge >= 0.3 is 5.97 Å². The van der Waals surface area contributed by atoms with E-state index in [-0.39, 0.29) is 29.5 Å². The summed E-state index contributed by atoms with van der Waals surface area (Å²) < 4.78 is 10.6. The molecule has 0 radical (unpaired) electrons. The molecule has 11 nitrogen and oxygen atoms in total. The molecule has 2 aliphatic heterocycles. The Morgan fingerprint density at radius 2 is 1.91 bits per heavy atom. The number of carbonyl (C=O) groups excluding carboxylic acids is 3. The van der Waals surface area contributed by atoms with Gasteiger partial charge in [-0.15, -0.1) is 11.8 Å². The van der Waals surface area contributed by atoms with Crippen LogP contribution in [-0.2, 0) is 25.7 Å². The minimum Gasteiger partial charge on any atom is -0.509 e. The smallest absolute Gasteiger partial charge is 0.358 e. The van der Waals surface area contributed by atoms with Crippen molar-refractivity contribution in [3.05, 3.63) is 87.3 Å². The number of nitrogens with one attached hydrogen (secondary N) is 1. The summed E-state index contributed by atoms with van der Waals surface area (Å²) >= 11 is 1.12. The molecule has 2 amide bonds. The number of aliphatic hydroxyl groups is 1. The zero-order valence-electron chi connectivity index (χ0n) is 17.8. The Morgan fingerprint density at radius 3 is 2.53 bits per heavy atom. The van der Waals surface area contributed by atoms with Crippen molar-refractivity contribution in [2.45, 2.75) is 17.7 Å². The minimum absolute atomic E-state index is 0.0112. The van der Waals surface area contributed by atoms with E-state index in [4.69, 9.17) is 9.47 Å². The molecule has 1 fully saturated rings. The van der Waals surface area contributed by atoms with E-state index in [0.29, 0.717) is 11.1 Å². The van der Waals surface area contributed by atoms with Gasteiger partial charge in [-0.2, -0.15) is 0 Å². The zero-order valence-corrected chi connectivity index (χ0v) is 18.6. The van der Waals surface area contributed by atoms with Gasteiger partial charge in [-0.05, 0) is 29.8 Å². The van der Waals surface area contributed by atoms with E-state index in [0.717, 1.165) is 16.7 Å². The number of nitrogens with zero attached hydrogens (tertiary/aromatic N) is 2. The third kappa shape index (κ3) is 3.97. The summed E-state index contributed by atoms with van der Waals surface area (Å²) in [5.74, 6) is -2.57. The van der Waals surface area contributed by atoms with E-state index in [2.05, 4.69) is 5.32 Å². The van der Waals surface area contributed by atoms with Crippen LogP contribution in [0.5, 0.6) is 0 Å². The number of carbonyl (C=O) groups is 3. The number of nitro benzene ring substituents is 1. The van der Waals surface area contributed by atoms with Crippen LogP contribution in [0.2, 0.25) is 0 Å². The van der Waals surface area contributed by atoms with Crippen LogP contribution in [-0.4, -0.2) is 56.7 Å². The normalized spacial score (nSPS) is 21.4. The predicted octanol–water partition coefficient (Wildman–Crippen LogP) is 2.10. The Hall–Kier alpha value is -3.90. The first-order valence-corrected chi connectivity index (χ1v) is 11.0. The number of ether oxygens (including phenoxy) is 2. The fourth-order valence-electron chi connectivity index (χ4n) is 3.61. The number of benzene rings is 2. The molecule has 2 atom stereocenters. The molecule has 2 heterocycles. The molecule has 0 aromatic heterocycles. The number of fused-ring (bicyclic) bond motifs is 1. The molecular weight excluding hydrogens is 466 g/mol. The van der Waals surface area contributed by atoms with Gasteiger partial charge in [0.1, 0.15) is 17.7 Å². The monoisotopic (exact) mass is 485 g/mol. The molecule has 2 N–H and O–H groups in total. The highest BCUT2D eigenvalue weighted by atomic mass is 32.2. The van der Waals surface area contributed by atoms with E-state index in [1.807, 2.05) is 0 Å². The fraction of sp³-hybridized carbons (Fsp3) is 0.227. The second kappa shape index (κ2) is 9.15. The lowest BCUT2D eigenvalue weighted by Gasteiger charge is -2.55. The van der Waals surface area contributed by atoms with Crippen molar-refractivity contribution in [2.75, 3.05) is 12.9 Å². The minimum atomic E-state index is -1.72. The SMILES string of the molecule is COC1(NC(=O)c2ccccc2)C(=O)N2C(C(=O)OCc3ccc([N+](=O)[O-])cc3)=C(O)CS[C@H]21. The molecule has 0 saturated carbocycles. The average molecular weight is 485 g/mol. The van der Waals surface area contributed by atoms with E-state index < -0.39 is 33.8 Å². The largest absolute Gasteiger partial charge is 0.509 e. The van der Waals surface area contributed by atoms with Crippen molar-refractivity contribution in [3.8, 4) is 0 Å². The van der Waals surface area contributed by atoms with Gasteiger partial charge in [0, 0.05) is 24.8 Å². The lowest BCUT2D eigenvalue weighted by atomic mass is 9.98. The van der Waals surface area contributed by atoms with Gasteiger partial charge in [0.25, 0.3) is 23.2 Å². The maximum Gasteiger partial charge on any atom is 0.358 e. The Kier molecular flexibility index (Phi) is 6.26. The molecular formula is C22H19N3O8S. The third-order valence-corrected chi connectivity index (χ3v) is 6.68. The van der Waals surface area contributed by atoms with Crippen LogP contribution in [0.25, 0.3) is 0 Å². The summed E-state index contributed by atoms with van der Waals surface area (Å²) in [4.78, 5) is 49.8. The second-order valence-electron chi connectivity index (χ2n) is 7.39. The summed E-state index contributed by atoms with van der Waals surface area (Å²) in [6, 6.07) is 13.7. The first-order chi connectivity index (χ1) is 16.3. The number of aliphatic hydroxyl groups excluding tert-OH is 1. The Balaban J connectivity index is 1.48. The quantitative estimate of drug-likeness (QED) is 0.198. The van der Waals surface area contributed by atoms with Crippen molar-refractivity contribution in [3.63, 3.8) is 0 Å². The summed E-state index contributed by atoms with van der Waals surface area (Å²) in [6.45, 7) is -0.229. The number of thioether (sulfide) groups is 1. The molecule has 12 heteroatoms. The Labute approximate surface area is 197 Å². The first kappa shape index (κ1) is 23.3. The van der Waals surface area contributed by atoms with Crippen molar-refractivity contribution >= 4 is 35.2 Å². The number of methoxy groups -OCH3 is 1. The van der Waals surface area contributed by atoms with Gasteiger partial charge in [0.05, 0.1) is 10.7 Å². The number of hydrogen-bond acceptors (Lipinski definition) is 9. The Bertz CT molecular complexity index is 1180. The van der Waals surface area contributed by atoms with Crippen molar-refractivity contribution < 1.29 is 33.9 Å². The third-order valence-electron chi connectivity index (χ3n) is 5.38. The fourth-order valence-corrected chi connectivity index (χ4v) is 4.91. The topological polar surface area (TPSA) is 148 Å². The molecule has 1 saturated heterocycles. The van der Waals surface area contributed by atoms with Gasteiger partial charge < -0.3 is 19.9 Å². The number of β-lactam (4-membered cyclic amide) rings is 1. The second-order valence-corrected chi connectivity index (χ2v) is 8.46. The van der Waals surface area contributed by atoms with Crippen LogP contribution < -0.4 is 5.32 Å². The number of esters is 1. The van der Waals surface area contributed by atoms with Gasteiger partial charge in [-0.25, -0.2) is 4.79 Å². The summed E-state index contributed by atoms with van der Waals surface area (Å²) in [5, 5.41) is 22.9. The molecule has 1 unspecified atom stereocenters. The number of hydrogen-bond donors (Lipinski definition) is 2. The molecule has 2 aromatic rings. The summed E-state index contributed by atoms with van der Waals surface area (Å²) in [7, 11) is 1.27. The molecule has 0 spiro atoms. The van der Waals surface area contributed by atoms with E-state index in [1.54, 1.807) is 30.3 Å². The van der Waals surface area contributed by atoms with Gasteiger partial charge in [0.2, 0.25) is 0 Å². The van der Waals surface area contributed by atoms with E-state index in [1.165, 1.54) is 31.4 Å². The number of nitro groups is 1. The lowest BCUT2D eigenvalue weighted by Crippen LogP contribution is -2.80. The van der Waals surface area contributed by atoms with Crippen molar-refractivity contribution in [1.29, 1.82) is 0 Å². The van der Waals surface area contributed by atoms with Crippen LogP contribution in [0.3, 0.4) is 0 Å². The summed E-state index contributed by atoms with van der Waals surface area (Å²) in [5.41, 5.74) is -1.36. The molecule has 4 rings (SSSR count). The highest BCUT2D eigenvalue weighted by Crippen LogP contribution is 2.46. The van der Waals surface area contributed by atoms with Gasteiger partial charge in [-0.1, -0.05) is 18.2 Å². The van der Waals surface area contributed by atoms with Crippen molar-refractivity contribution in [1.82, 2.24) is 10.2 Å². The molecule has 2 aliphatic rings. The maximum absolute atomic E-state index is 13.1. The highest BCUT2D eigenvalue weighted by molar-refractivity contribution is 8.00. The first-order valence-electron chi connectivity index (χ1n) is 9.99. The molecule has 34 heavy (non-hydrogen) atoms. The van der Waals surface area contributed by atoms with Gasteiger partial charge in [0.15, 0.2) is 5.70 Å². The van der Waals surface area contributed by atoms with Crippen LogP contribution in [0.1, 0.15) is 15.9 Å². The van der Waals surface area contributed by atoms with Crippen LogP contribution in [0.4, 0.5) is 5.69 Å². The standard InChI is InChI=1S/C22H19N3O8S/c1-32-22(23-18(27)14-5-3-2-4-6-14)20(29)24-17(16(26)12-34-21(22)24)19(28)33-11-13-7-9-15(10-8-13)25(30)31/h2-10,21,26H,11-12H2,1H3,(H,23,27)/t21-,22?/m0/s1. The van der Waals surface area contributed by atoms with E-state index >= 15 is 0 Å². The van der Waals surface area contributed by atoms with Gasteiger partial charge in [-0.3, -0.25) is 24.6 Å². The average Bonchev–Trinajstić information content (AvgIpc) is 2.86. The highest BCUT2D eigenvalue weighted by Gasteiger charge is 2.67. The van der Waals surface area contributed by atoms with Crippen LogP contribution >= 0.6 is 11.8 Å². The summed E-state index contributed by atoms with van der Waals surface area (Å²) in [6.07, 6.45) is 0. The van der Waals surface area contributed by atoms with E-state index in [9.17, 15) is 29.6 Å². The molecule has 2 aromatic carbocycles.